The third-order valence-corrected chi connectivity index (χ3v) is 5.36. The van der Waals surface area contributed by atoms with Crippen LogP contribution >= 0.6 is 11.6 Å². The summed E-state index contributed by atoms with van der Waals surface area (Å²) in [6, 6.07) is 13.6. The minimum Gasteiger partial charge on any atom is -0.455 e. The number of amides is 2. The Morgan fingerprint density at radius 3 is 2.53 bits per heavy atom. The first-order chi connectivity index (χ1) is 16.2. The second-order valence-corrected chi connectivity index (χ2v) is 8.27. The average molecular weight is 483 g/mol. The third-order valence-electron chi connectivity index (χ3n) is 5.03. The number of benzene rings is 2. The standard InChI is InChI=1S/C24H23ClN4O5/c1-14(2)22(27-23(30)19-6-4-5-7-20(19)25)24(31)28-26-13-17-9-11-21(34-17)18-10-8-16(29(32)33)12-15(18)3/h4-14,22H,1-3H3,(H,27,30)(H,28,31)/b26-13-/t22-/m0/s1. The molecule has 0 saturated heterocycles. The Hall–Kier alpha value is -3.98. The van der Waals surface area contributed by atoms with Crippen molar-refractivity contribution in [3.05, 3.63) is 86.6 Å². The van der Waals surface area contributed by atoms with E-state index >= 15 is 0 Å². The highest BCUT2D eigenvalue weighted by Gasteiger charge is 2.25. The number of nitrogens with zero attached hydrogens (tertiary/aromatic N) is 2. The first kappa shape index (κ1) is 24.7. The Kier molecular flexibility index (Phi) is 7.80. The van der Waals surface area contributed by atoms with Crippen LogP contribution in [0, 0.1) is 23.0 Å². The molecule has 0 spiro atoms. The molecule has 9 nitrogen and oxygen atoms in total. The van der Waals surface area contributed by atoms with Gasteiger partial charge in [0.1, 0.15) is 17.6 Å². The molecule has 10 heteroatoms. The number of aryl methyl sites for hydroxylation is 1. The summed E-state index contributed by atoms with van der Waals surface area (Å²) in [7, 11) is 0. The molecule has 0 radical (unpaired) electrons. The van der Waals surface area contributed by atoms with Gasteiger partial charge in [0, 0.05) is 17.7 Å². The number of hydrogen-bond donors (Lipinski definition) is 2. The van der Waals surface area contributed by atoms with Gasteiger partial charge in [-0.1, -0.05) is 37.6 Å². The highest BCUT2D eigenvalue weighted by molar-refractivity contribution is 6.33. The van der Waals surface area contributed by atoms with Crippen LogP contribution in [-0.2, 0) is 4.79 Å². The largest absolute Gasteiger partial charge is 0.455 e. The van der Waals surface area contributed by atoms with E-state index in [2.05, 4.69) is 15.8 Å². The number of nitrogens with one attached hydrogen (secondary N) is 2. The van der Waals surface area contributed by atoms with Gasteiger partial charge in [-0.3, -0.25) is 19.7 Å². The van der Waals surface area contributed by atoms with Gasteiger partial charge in [-0.25, -0.2) is 5.43 Å². The fourth-order valence-electron chi connectivity index (χ4n) is 3.23. The van der Waals surface area contributed by atoms with Gasteiger partial charge in [-0.05, 0) is 48.7 Å². The second kappa shape index (κ2) is 10.8. The van der Waals surface area contributed by atoms with Crippen molar-refractivity contribution in [1.29, 1.82) is 0 Å². The van der Waals surface area contributed by atoms with Gasteiger partial charge in [0.25, 0.3) is 17.5 Å². The number of hydrazone groups is 1. The molecule has 0 aliphatic rings. The van der Waals surface area contributed by atoms with Crippen molar-refractivity contribution in [3.63, 3.8) is 0 Å². The highest BCUT2D eigenvalue weighted by Crippen LogP contribution is 2.28. The van der Waals surface area contributed by atoms with Crippen molar-refractivity contribution in [3.8, 4) is 11.3 Å². The molecule has 0 bridgehead atoms. The van der Waals surface area contributed by atoms with E-state index in [9.17, 15) is 19.7 Å². The molecule has 2 amide bonds. The quantitative estimate of drug-likeness (QED) is 0.273. The second-order valence-electron chi connectivity index (χ2n) is 7.87. The maximum atomic E-state index is 12.6. The number of rotatable bonds is 8. The lowest BCUT2D eigenvalue weighted by Gasteiger charge is -2.20. The van der Waals surface area contributed by atoms with Gasteiger partial charge in [0.05, 0.1) is 21.7 Å². The minimum absolute atomic E-state index is 0.00126. The van der Waals surface area contributed by atoms with Crippen molar-refractivity contribution >= 4 is 35.3 Å². The zero-order valence-electron chi connectivity index (χ0n) is 18.7. The van der Waals surface area contributed by atoms with Crippen molar-refractivity contribution in [1.82, 2.24) is 10.7 Å². The topological polar surface area (TPSA) is 127 Å². The molecule has 3 rings (SSSR count). The van der Waals surface area contributed by atoms with Crippen LogP contribution in [0.3, 0.4) is 0 Å². The fourth-order valence-corrected chi connectivity index (χ4v) is 3.45. The molecule has 0 aliphatic heterocycles. The van der Waals surface area contributed by atoms with Crippen molar-refractivity contribution in [2.45, 2.75) is 26.8 Å². The van der Waals surface area contributed by atoms with Gasteiger partial charge in [-0.15, -0.1) is 0 Å². The van der Waals surface area contributed by atoms with Crippen LogP contribution in [0.1, 0.15) is 35.5 Å². The van der Waals surface area contributed by atoms with E-state index < -0.39 is 22.8 Å². The summed E-state index contributed by atoms with van der Waals surface area (Å²) in [6.45, 7) is 5.35. The van der Waals surface area contributed by atoms with Gasteiger partial charge >= 0.3 is 0 Å². The van der Waals surface area contributed by atoms with Crippen LogP contribution in [0.5, 0.6) is 0 Å². The van der Waals surface area contributed by atoms with E-state index in [1.807, 2.05) is 0 Å². The minimum atomic E-state index is -0.837. The summed E-state index contributed by atoms with van der Waals surface area (Å²) < 4.78 is 5.72. The van der Waals surface area contributed by atoms with E-state index in [1.165, 1.54) is 18.3 Å². The number of furan rings is 1. The molecule has 0 saturated carbocycles. The van der Waals surface area contributed by atoms with Crippen LogP contribution in [0.25, 0.3) is 11.3 Å². The highest BCUT2D eigenvalue weighted by atomic mass is 35.5. The maximum absolute atomic E-state index is 12.6. The lowest BCUT2D eigenvalue weighted by Crippen LogP contribution is -2.48. The summed E-state index contributed by atoms with van der Waals surface area (Å²) in [5, 5.41) is 17.8. The molecule has 1 heterocycles. The first-order valence-electron chi connectivity index (χ1n) is 10.4. The number of non-ortho nitro benzene ring substituents is 1. The van der Waals surface area contributed by atoms with Crippen LogP contribution in [0.4, 0.5) is 5.69 Å². The molecule has 0 aliphatic carbocycles. The van der Waals surface area contributed by atoms with Crippen LogP contribution < -0.4 is 10.7 Å². The number of nitro groups is 1. The van der Waals surface area contributed by atoms with Crippen LogP contribution in [0.15, 0.2) is 64.1 Å². The monoisotopic (exact) mass is 482 g/mol. The van der Waals surface area contributed by atoms with Gasteiger partial charge in [-0.2, -0.15) is 5.10 Å². The van der Waals surface area contributed by atoms with Crippen molar-refractivity contribution in [2.24, 2.45) is 11.0 Å². The van der Waals surface area contributed by atoms with Crippen LogP contribution in [-0.4, -0.2) is 29.0 Å². The Morgan fingerprint density at radius 2 is 1.88 bits per heavy atom. The summed E-state index contributed by atoms with van der Waals surface area (Å²) >= 11 is 6.07. The van der Waals surface area contributed by atoms with E-state index in [0.29, 0.717) is 22.6 Å². The zero-order chi connectivity index (χ0) is 24.8. The predicted octanol–water partition coefficient (Wildman–Crippen LogP) is 4.72. The summed E-state index contributed by atoms with van der Waals surface area (Å²) in [5.41, 5.74) is 4.08. The third kappa shape index (κ3) is 5.87. The molecule has 34 heavy (non-hydrogen) atoms. The zero-order valence-corrected chi connectivity index (χ0v) is 19.5. The lowest BCUT2D eigenvalue weighted by molar-refractivity contribution is -0.384. The van der Waals surface area contributed by atoms with E-state index in [4.69, 9.17) is 16.0 Å². The Balaban J connectivity index is 1.65. The smallest absolute Gasteiger partial charge is 0.269 e. The molecule has 0 fully saturated rings. The van der Waals surface area contributed by atoms with Crippen molar-refractivity contribution < 1.29 is 18.9 Å². The van der Waals surface area contributed by atoms with Gasteiger partial charge in [0.2, 0.25) is 0 Å². The van der Waals surface area contributed by atoms with Gasteiger partial charge < -0.3 is 9.73 Å². The molecule has 3 aromatic rings. The molecule has 2 N–H and O–H groups in total. The number of carbonyl (C=O) groups excluding carboxylic acids is 2. The van der Waals surface area contributed by atoms with Gasteiger partial charge in [0.15, 0.2) is 0 Å². The fraction of sp³-hybridized carbons (Fsp3) is 0.208. The number of halogens is 1. The number of hydrogen-bond acceptors (Lipinski definition) is 6. The average Bonchev–Trinajstić information content (AvgIpc) is 3.25. The van der Waals surface area contributed by atoms with E-state index in [0.717, 1.165) is 0 Å². The number of nitro benzene ring substituents is 1. The maximum Gasteiger partial charge on any atom is 0.269 e. The summed E-state index contributed by atoms with van der Waals surface area (Å²) in [5.74, 6) is -0.286. The summed E-state index contributed by atoms with van der Waals surface area (Å²) in [6.07, 6.45) is 1.33. The molecule has 176 valence electrons. The predicted molar refractivity (Wildman–Crippen MR) is 129 cm³/mol. The number of carbonyl (C=O) groups is 2. The molecular weight excluding hydrogens is 460 g/mol. The first-order valence-corrected chi connectivity index (χ1v) is 10.8. The summed E-state index contributed by atoms with van der Waals surface area (Å²) in [4.78, 5) is 35.6. The Labute approximate surface area is 201 Å². The van der Waals surface area contributed by atoms with E-state index in [1.54, 1.807) is 63.2 Å². The molecule has 1 atom stereocenters. The molecule has 2 aromatic carbocycles. The Bertz CT molecular complexity index is 1250. The Morgan fingerprint density at radius 1 is 1.15 bits per heavy atom. The normalized spacial score (nSPS) is 12.0. The van der Waals surface area contributed by atoms with Crippen molar-refractivity contribution in [2.75, 3.05) is 0 Å². The SMILES string of the molecule is Cc1cc([N+](=O)[O-])ccc1-c1ccc(/C=N\NC(=O)[C@@H](NC(=O)c2ccccc2Cl)C(C)C)o1. The van der Waals surface area contributed by atoms with Crippen LogP contribution in [0.2, 0.25) is 5.02 Å². The van der Waals surface area contributed by atoms with E-state index in [-0.39, 0.29) is 22.2 Å². The molecular formula is C24H23ClN4O5. The molecule has 0 unspecified atom stereocenters. The molecule has 1 aromatic heterocycles. The lowest BCUT2D eigenvalue weighted by atomic mass is 10.0.